The summed E-state index contributed by atoms with van der Waals surface area (Å²) in [7, 11) is 1.68. The predicted octanol–water partition coefficient (Wildman–Crippen LogP) is 2.41. The van der Waals surface area contributed by atoms with Crippen LogP contribution in [-0.2, 0) is 11.2 Å². The number of carbonyl (C=O) groups excluding carboxylic acids is 1. The number of rotatable bonds is 7. The molecule has 3 rings (SSSR count). The van der Waals surface area contributed by atoms with Crippen molar-refractivity contribution in [2.75, 3.05) is 51.2 Å². The zero-order valence-electron chi connectivity index (χ0n) is 17.8. The van der Waals surface area contributed by atoms with Crippen molar-refractivity contribution in [1.82, 2.24) is 15.5 Å². The third-order valence-electron chi connectivity index (χ3n) is 5.30. The lowest BCUT2D eigenvalue weighted by molar-refractivity contribution is -0.131. The highest BCUT2D eigenvalue weighted by molar-refractivity contribution is 5.81. The largest absolute Gasteiger partial charge is 0.368 e. The van der Waals surface area contributed by atoms with Gasteiger partial charge in [-0.1, -0.05) is 12.1 Å². The first-order valence-corrected chi connectivity index (χ1v) is 10.5. The molecule has 2 aromatic rings. The molecule has 0 aromatic heterocycles. The van der Waals surface area contributed by atoms with Gasteiger partial charge in [-0.25, -0.2) is 8.78 Å². The van der Waals surface area contributed by atoms with Gasteiger partial charge in [-0.15, -0.1) is 0 Å². The molecular weight excluding hydrogens is 400 g/mol. The Hall–Kier alpha value is -3.16. The maximum Gasteiger partial charge on any atom is 0.224 e. The number of piperazine rings is 1. The van der Waals surface area contributed by atoms with Gasteiger partial charge in [0.15, 0.2) is 5.96 Å². The second-order valence-electron chi connectivity index (χ2n) is 7.40. The molecule has 166 valence electrons. The van der Waals surface area contributed by atoms with E-state index >= 15 is 0 Å². The third-order valence-corrected chi connectivity index (χ3v) is 5.30. The van der Waals surface area contributed by atoms with Crippen molar-refractivity contribution in [1.29, 1.82) is 0 Å². The molecule has 1 fully saturated rings. The standard InChI is InChI=1S/C23H29F2N5O/c1-26-23(27-12-10-18-2-4-19(24)5-3-18)28-13-11-22(31)30-16-14-29(15-17-30)21-8-6-20(25)7-9-21/h2-9H,10-17H2,1H3,(H2,26,27,28). The highest BCUT2D eigenvalue weighted by Crippen LogP contribution is 2.17. The fraction of sp³-hybridized carbons (Fsp3) is 0.391. The summed E-state index contributed by atoms with van der Waals surface area (Å²) < 4.78 is 26.0. The van der Waals surface area contributed by atoms with E-state index in [9.17, 15) is 13.6 Å². The zero-order valence-corrected chi connectivity index (χ0v) is 17.8. The van der Waals surface area contributed by atoms with Gasteiger partial charge in [-0.05, 0) is 48.4 Å². The molecule has 1 aliphatic heterocycles. The molecule has 0 radical (unpaired) electrons. The monoisotopic (exact) mass is 429 g/mol. The van der Waals surface area contributed by atoms with E-state index in [4.69, 9.17) is 0 Å². The molecule has 1 aliphatic rings. The van der Waals surface area contributed by atoms with Crippen LogP contribution in [0.25, 0.3) is 0 Å². The van der Waals surface area contributed by atoms with E-state index in [1.807, 2.05) is 4.90 Å². The Balaban J connectivity index is 1.33. The van der Waals surface area contributed by atoms with Gasteiger partial charge in [0.05, 0.1) is 0 Å². The van der Waals surface area contributed by atoms with Crippen LogP contribution in [0.5, 0.6) is 0 Å². The van der Waals surface area contributed by atoms with E-state index in [0.717, 1.165) is 30.8 Å². The van der Waals surface area contributed by atoms with Crippen molar-refractivity contribution in [2.24, 2.45) is 4.99 Å². The smallest absolute Gasteiger partial charge is 0.224 e. The number of amides is 1. The Kier molecular flexibility index (Phi) is 8.20. The van der Waals surface area contributed by atoms with Crippen molar-refractivity contribution in [3.05, 3.63) is 65.7 Å². The van der Waals surface area contributed by atoms with Crippen LogP contribution in [0.2, 0.25) is 0 Å². The number of benzene rings is 2. The van der Waals surface area contributed by atoms with Gasteiger partial charge in [0, 0.05) is 58.4 Å². The second kappa shape index (κ2) is 11.3. The van der Waals surface area contributed by atoms with Crippen molar-refractivity contribution in [3.8, 4) is 0 Å². The lowest BCUT2D eigenvalue weighted by atomic mass is 10.1. The van der Waals surface area contributed by atoms with Crippen LogP contribution < -0.4 is 15.5 Å². The molecule has 0 spiro atoms. The molecule has 0 saturated carbocycles. The number of nitrogens with zero attached hydrogens (tertiary/aromatic N) is 3. The van der Waals surface area contributed by atoms with E-state index in [0.29, 0.717) is 38.6 Å². The van der Waals surface area contributed by atoms with Crippen LogP contribution in [-0.4, -0.2) is 63.1 Å². The van der Waals surface area contributed by atoms with E-state index in [2.05, 4.69) is 20.5 Å². The molecule has 8 heteroatoms. The first-order chi connectivity index (χ1) is 15.0. The summed E-state index contributed by atoms with van der Waals surface area (Å²) >= 11 is 0. The van der Waals surface area contributed by atoms with Crippen LogP contribution >= 0.6 is 0 Å². The summed E-state index contributed by atoms with van der Waals surface area (Å²) in [5.41, 5.74) is 2.02. The Bertz CT molecular complexity index is 863. The topological polar surface area (TPSA) is 60.0 Å². The van der Waals surface area contributed by atoms with Gasteiger partial charge < -0.3 is 20.4 Å². The van der Waals surface area contributed by atoms with E-state index in [1.54, 1.807) is 31.3 Å². The van der Waals surface area contributed by atoms with Crippen molar-refractivity contribution < 1.29 is 13.6 Å². The normalized spacial score (nSPS) is 14.5. The summed E-state index contributed by atoms with van der Waals surface area (Å²) in [5.74, 6) is 0.254. The molecule has 31 heavy (non-hydrogen) atoms. The molecule has 1 saturated heterocycles. The van der Waals surface area contributed by atoms with Crippen molar-refractivity contribution >= 4 is 17.6 Å². The fourth-order valence-electron chi connectivity index (χ4n) is 3.51. The number of guanidine groups is 1. The number of halogens is 2. The molecule has 0 aliphatic carbocycles. The second-order valence-corrected chi connectivity index (χ2v) is 7.40. The van der Waals surface area contributed by atoms with E-state index < -0.39 is 0 Å². The van der Waals surface area contributed by atoms with Gasteiger partial charge in [-0.2, -0.15) is 0 Å². The van der Waals surface area contributed by atoms with Crippen LogP contribution in [0.4, 0.5) is 14.5 Å². The Morgan fingerprint density at radius 2 is 1.48 bits per heavy atom. The van der Waals surface area contributed by atoms with Gasteiger partial charge >= 0.3 is 0 Å². The Labute approximate surface area is 182 Å². The molecule has 2 N–H and O–H groups in total. The lowest BCUT2D eigenvalue weighted by Gasteiger charge is -2.36. The summed E-state index contributed by atoms with van der Waals surface area (Å²) in [6, 6.07) is 12.9. The molecule has 0 unspecified atom stereocenters. The maximum absolute atomic E-state index is 13.1. The molecule has 0 bridgehead atoms. The molecule has 0 atom stereocenters. The number of aliphatic imine (C=N–C) groups is 1. The number of hydrogen-bond donors (Lipinski definition) is 2. The van der Waals surface area contributed by atoms with Crippen LogP contribution in [0.3, 0.4) is 0 Å². The highest BCUT2D eigenvalue weighted by Gasteiger charge is 2.21. The molecular formula is C23H29F2N5O. The van der Waals surface area contributed by atoms with Gasteiger partial charge in [-0.3, -0.25) is 9.79 Å². The lowest BCUT2D eigenvalue weighted by Crippen LogP contribution is -2.49. The average Bonchev–Trinajstić information content (AvgIpc) is 2.80. The number of carbonyl (C=O) groups is 1. The molecule has 2 aromatic carbocycles. The summed E-state index contributed by atoms with van der Waals surface area (Å²) in [6.45, 7) is 3.92. The van der Waals surface area contributed by atoms with Crippen molar-refractivity contribution in [2.45, 2.75) is 12.8 Å². The minimum atomic E-state index is -0.245. The fourth-order valence-corrected chi connectivity index (χ4v) is 3.51. The molecule has 1 amide bonds. The Morgan fingerprint density at radius 3 is 2.10 bits per heavy atom. The van der Waals surface area contributed by atoms with E-state index in [1.165, 1.54) is 24.3 Å². The summed E-state index contributed by atoms with van der Waals surface area (Å²) in [5, 5.41) is 6.36. The minimum absolute atomic E-state index is 0.105. The number of anilines is 1. The van der Waals surface area contributed by atoms with Crippen LogP contribution in [0.15, 0.2) is 53.5 Å². The average molecular weight is 430 g/mol. The third kappa shape index (κ3) is 6.94. The zero-order chi connectivity index (χ0) is 22.1. The summed E-state index contributed by atoms with van der Waals surface area (Å²) in [6.07, 6.45) is 1.13. The van der Waals surface area contributed by atoms with E-state index in [-0.39, 0.29) is 17.5 Å². The van der Waals surface area contributed by atoms with Gasteiger partial charge in [0.2, 0.25) is 5.91 Å². The van der Waals surface area contributed by atoms with Gasteiger partial charge in [0.1, 0.15) is 11.6 Å². The highest BCUT2D eigenvalue weighted by atomic mass is 19.1. The van der Waals surface area contributed by atoms with Crippen LogP contribution in [0.1, 0.15) is 12.0 Å². The van der Waals surface area contributed by atoms with Crippen LogP contribution in [0, 0.1) is 11.6 Å². The molecule has 6 nitrogen and oxygen atoms in total. The quantitative estimate of drug-likeness (QED) is 0.524. The molecule has 1 heterocycles. The number of nitrogens with one attached hydrogen (secondary N) is 2. The summed E-state index contributed by atoms with van der Waals surface area (Å²) in [4.78, 5) is 20.7. The van der Waals surface area contributed by atoms with Crippen molar-refractivity contribution in [3.63, 3.8) is 0 Å². The predicted molar refractivity (Wildman–Crippen MR) is 119 cm³/mol. The van der Waals surface area contributed by atoms with Gasteiger partial charge in [0.25, 0.3) is 0 Å². The SMILES string of the molecule is CN=C(NCCC(=O)N1CCN(c2ccc(F)cc2)CC1)NCCc1ccc(F)cc1. The maximum atomic E-state index is 13.1. The first-order valence-electron chi connectivity index (χ1n) is 10.5. The first kappa shape index (κ1) is 22.5. The minimum Gasteiger partial charge on any atom is -0.368 e. The Morgan fingerprint density at radius 1 is 0.903 bits per heavy atom. The number of hydrogen-bond acceptors (Lipinski definition) is 3.